The zero-order valence-electron chi connectivity index (χ0n) is 20.7. The first-order valence-corrected chi connectivity index (χ1v) is 11.6. The highest BCUT2D eigenvalue weighted by molar-refractivity contribution is 6.05. The van der Waals surface area contributed by atoms with Crippen LogP contribution in [-0.2, 0) is 6.54 Å². The van der Waals surface area contributed by atoms with Crippen LogP contribution in [0.3, 0.4) is 0 Å². The number of nitrogens with one attached hydrogen (secondary N) is 3. The van der Waals surface area contributed by atoms with Crippen LogP contribution in [0.4, 0.5) is 0 Å². The first-order chi connectivity index (χ1) is 17.4. The molecule has 0 saturated heterocycles. The molecular weight excluding hydrogens is 458 g/mol. The number of rotatable bonds is 9. The number of hydrogen-bond acceptors (Lipinski definition) is 6. The number of amides is 2. The van der Waals surface area contributed by atoms with Gasteiger partial charge in [-0.3, -0.25) is 14.7 Å². The Hall–Kier alpha value is -4.40. The lowest BCUT2D eigenvalue weighted by molar-refractivity contribution is 0.0942. The van der Waals surface area contributed by atoms with Crippen molar-refractivity contribution >= 4 is 22.7 Å². The Morgan fingerprint density at radius 3 is 2.61 bits per heavy atom. The maximum Gasteiger partial charge on any atom is 0.272 e. The third-order valence-corrected chi connectivity index (χ3v) is 5.61. The van der Waals surface area contributed by atoms with E-state index in [0.29, 0.717) is 41.2 Å². The second-order valence-electron chi connectivity index (χ2n) is 8.69. The van der Waals surface area contributed by atoms with E-state index >= 15 is 0 Å². The third-order valence-electron chi connectivity index (χ3n) is 5.61. The summed E-state index contributed by atoms with van der Waals surface area (Å²) in [5, 5.41) is 13.2. The summed E-state index contributed by atoms with van der Waals surface area (Å²) in [5.74, 6) is 0.779. The monoisotopic (exact) mass is 487 g/mol. The van der Waals surface area contributed by atoms with E-state index in [4.69, 9.17) is 9.47 Å². The van der Waals surface area contributed by atoms with Gasteiger partial charge in [0, 0.05) is 36.3 Å². The van der Waals surface area contributed by atoms with Crippen molar-refractivity contribution in [1.29, 1.82) is 0 Å². The number of methoxy groups -OCH3 is 1. The Bertz CT molecular complexity index is 1400. The maximum atomic E-state index is 13.1. The van der Waals surface area contributed by atoms with Crippen LogP contribution in [0.5, 0.6) is 11.6 Å². The second kappa shape index (κ2) is 10.9. The van der Waals surface area contributed by atoms with E-state index in [1.54, 1.807) is 19.3 Å². The molecule has 0 aliphatic rings. The van der Waals surface area contributed by atoms with Gasteiger partial charge in [0.1, 0.15) is 11.3 Å². The van der Waals surface area contributed by atoms with Gasteiger partial charge in [0.05, 0.1) is 19.2 Å². The molecule has 0 saturated carbocycles. The van der Waals surface area contributed by atoms with E-state index in [1.807, 2.05) is 42.5 Å². The van der Waals surface area contributed by atoms with Crippen LogP contribution in [0.25, 0.3) is 22.0 Å². The Morgan fingerprint density at radius 1 is 1.06 bits per heavy atom. The zero-order valence-corrected chi connectivity index (χ0v) is 20.7. The second-order valence-corrected chi connectivity index (χ2v) is 8.69. The molecule has 0 atom stereocenters. The van der Waals surface area contributed by atoms with E-state index < -0.39 is 0 Å². The third kappa shape index (κ3) is 5.30. The van der Waals surface area contributed by atoms with Gasteiger partial charge in [-0.2, -0.15) is 5.10 Å². The molecule has 186 valence electrons. The number of aromatic nitrogens is 3. The largest absolute Gasteiger partial charge is 0.493 e. The quantitative estimate of drug-likeness (QED) is 0.329. The van der Waals surface area contributed by atoms with Crippen LogP contribution in [0.2, 0.25) is 0 Å². The summed E-state index contributed by atoms with van der Waals surface area (Å²) < 4.78 is 11.2. The summed E-state index contributed by atoms with van der Waals surface area (Å²) in [7, 11) is 3.04. The van der Waals surface area contributed by atoms with Crippen LogP contribution in [0.1, 0.15) is 40.3 Å². The first kappa shape index (κ1) is 24.7. The lowest BCUT2D eigenvalue weighted by atomic mass is 10.0. The standard InChI is InChI=1S/C27H29N5O4/c1-16(2)15-36-23-8-6-5-7-18(23)13-29-25(33)21-11-19(14-30-27(21)35-4)17-9-10-20-22(12-17)31-32-24(20)26(34)28-3/h5-12,14,16H,13,15H2,1-4H3,(H,28,34)(H,29,33)(H,31,32). The molecule has 2 aromatic carbocycles. The van der Waals surface area contributed by atoms with Crippen molar-refractivity contribution in [2.45, 2.75) is 20.4 Å². The number of carbonyl (C=O) groups is 2. The molecule has 9 nitrogen and oxygen atoms in total. The predicted octanol–water partition coefficient (Wildman–Crippen LogP) is 3.96. The number of para-hydroxylation sites is 1. The topological polar surface area (TPSA) is 118 Å². The fraction of sp³-hybridized carbons (Fsp3) is 0.259. The molecule has 0 bridgehead atoms. The molecule has 2 heterocycles. The molecule has 4 aromatic rings. The number of pyridine rings is 1. The van der Waals surface area contributed by atoms with Crippen LogP contribution >= 0.6 is 0 Å². The molecular formula is C27H29N5O4. The summed E-state index contributed by atoms with van der Waals surface area (Å²) >= 11 is 0. The van der Waals surface area contributed by atoms with E-state index in [9.17, 15) is 9.59 Å². The Kier molecular flexibility index (Phi) is 7.48. The average molecular weight is 488 g/mol. The minimum Gasteiger partial charge on any atom is -0.493 e. The molecule has 2 aromatic heterocycles. The highest BCUT2D eigenvalue weighted by Gasteiger charge is 2.18. The number of nitrogens with zero attached hydrogens (tertiary/aromatic N) is 2. The van der Waals surface area contributed by atoms with Crippen molar-refractivity contribution in [3.8, 4) is 22.8 Å². The lowest BCUT2D eigenvalue weighted by Gasteiger charge is -2.14. The number of ether oxygens (including phenoxy) is 2. The lowest BCUT2D eigenvalue weighted by Crippen LogP contribution is -2.24. The molecule has 0 radical (unpaired) electrons. The van der Waals surface area contributed by atoms with Gasteiger partial charge in [0.2, 0.25) is 5.88 Å². The molecule has 36 heavy (non-hydrogen) atoms. The van der Waals surface area contributed by atoms with Crippen molar-refractivity contribution in [1.82, 2.24) is 25.8 Å². The summed E-state index contributed by atoms with van der Waals surface area (Å²) in [6, 6.07) is 14.9. The van der Waals surface area contributed by atoms with Gasteiger partial charge < -0.3 is 20.1 Å². The Morgan fingerprint density at radius 2 is 1.86 bits per heavy atom. The molecule has 0 spiro atoms. The van der Waals surface area contributed by atoms with Crippen molar-refractivity contribution in [3.63, 3.8) is 0 Å². The summed E-state index contributed by atoms with van der Waals surface area (Å²) in [6.45, 7) is 5.06. The van der Waals surface area contributed by atoms with Gasteiger partial charge in [-0.05, 0) is 35.7 Å². The van der Waals surface area contributed by atoms with Gasteiger partial charge >= 0.3 is 0 Å². The van der Waals surface area contributed by atoms with Crippen LogP contribution in [0.15, 0.2) is 54.7 Å². The van der Waals surface area contributed by atoms with Gasteiger partial charge in [-0.15, -0.1) is 0 Å². The molecule has 2 amide bonds. The normalized spacial score (nSPS) is 10.9. The van der Waals surface area contributed by atoms with Gasteiger partial charge in [-0.1, -0.05) is 38.1 Å². The van der Waals surface area contributed by atoms with Crippen LogP contribution in [0, 0.1) is 5.92 Å². The number of benzene rings is 2. The van der Waals surface area contributed by atoms with Crippen molar-refractivity contribution in [2.75, 3.05) is 20.8 Å². The fourth-order valence-electron chi connectivity index (χ4n) is 3.74. The summed E-state index contributed by atoms with van der Waals surface area (Å²) in [6.07, 6.45) is 1.64. The van der Waals surface area contributed by atoms with E-state index in [0.717, 1.165) is 22.4 Å². The maximum absolute atomic E-state index is 13.1. The molecule has 0 fully saturated rings. The number of aromatic amines is 1. The zero-order chi connectivity index (χ0) is 25.7. The van der Waals surface area contributed by atoms with Crippen LogP contribution < -0.4 is 20.1 Å². The Balaban J connectivity index is 1.57. The predicted molar refractivity (Wildman–Crippen MR) is 137 cm³/mol. The molecule has 3 N–H and O–H groups in total. The summed E-state index contributed by atoms with van der Waals surface area (Å²) in [5.41, 5.74) is 3.75. The smallest absolute Gasteiger partial charge is 0.272 e. The Labute approximate surface area is 209 Å². The molecule has 0 unspecified atom stereocenters. The number of hydrogen-bond donors (Lipinski definition) is 3. The molecule has 4 rings (SSSR count). The van der Waals surface area contributed by atoms with Gasteiger partial charge in [0.25, 0.3) is 11.8 Å². The SMILES string of the molecule is CNC(=O)c1n[nH]c2cc(-c3cnc(OC)c(C(=O)NCc4ccccc4OCC(C)C)c3)ccc12. The van der Waals surface area contributed by atoms with E-state index in [2.05, 4.69) is 39.7 Å². The van der Waals surface area contributed by atoms with Crippen molar-refractivity contribution < 1.29 is 19.1 Å². The van der Waals surface area contributed by atoms with Gasteiger partial charge in [-0.25, -0.2) is 4.98 Å². The highest BCUT2D eigenvalue weighted by atomic mass is 16.5. The van der Waals surface area contributed by atoms with Crippen molar-refractivity contribution in [3.05, 3.63) is 71.5 Å². The molecule has 9 heteroatoms. The minimum absolute atomic E-state index is 0.227. The van der Waals surface area contributed by atoms with Crippen molar-refractivity contribution in [2.24, 2.45) is 5.92 Å². The highest BCUT2D eigenvalue weighted by Crippen LogP contribution is 2.28. The number of H-pyrrole nitrogens is 1. The van der Waals surface area contributed by atoms with E-state index in [1.165, 1.54) is 7.11 Å². The number of carbonyl (C=O) groups excluding carboxylic acids is 2. The average Bonchev–Trinajstić information content (AvgIpc) is 3.33. The summed E-state index contributed by atoms with van der Waals surface area (Å²) in [4.78, 5) is 29.5. The first-order valence-electron chi connectivity index (χ1n) is 11.6. The molecule has 0 aliphatic carbocycles. The van der Waals surface area contributed by atoms with E-state index in [-0.39, 0.29) is 17.7 Å². The minimum atomic E-state index is -0.315. The number of fused-ring (bicyclic) bond motifs is 1. The van der Waals surface area contributed by atoms with Gasteiger partial charge in [0.15, 0.2) is 5.69 Å². The fourth-order valence-corrected chi connectivity index (χ4v) is 3.74. The molecule has 0 aliphatic heterocycles. The van der Waals surface area contributed by atoms with Crippen LogP contribution in [-0.4, -0.2) is 47.8 Å².